The van der Waals surface area contributed by atoms with E-state index in [9.17, 15) is 4.79 Å². The molecule has 0 aliphatic carbocycles. The first-order valence-corrected chi connectivity index (χ1v) is 9.85. The molecule has 4 rings (SSSR count). The topological polar surface area (TPSA) is 61.6 Å². The zero-order valence-corrected chi connectivity index (χ0v) is 16.2. The predicted molar refractivity (Wildman–Crippen MR) is 111 cm³/mol. The van der Waals surface area contributed by atoms with Gasteiger partial charge < -0.3 is 19.5 Å². The lowest BCUT2D eigenvalue weighted by Gasteiger charge is -2.31. The molecule has 2 amide bonds. The first-order chi connectivity index (χ1) is 13.7. The van der Waals surface area contributed by atoms with Crippen molar-refractivity contribution >= 4 is 22.8 Å². The zero-order chi connectivity index (χ0) is 19.3. The predicted octanol–water partition coefficient (Wildman–Crippen LogP) is 3.85. The monoisotopic (exact) mass is 378 g/mol. The number of anilines is 1. The molecule has 1 saturated heterocycles. The van der Waals surface area contributed by atoms with Gasteiger partial charge in [-0.25, -0.2) is 9.78 Å². The highest BCUT2D eigenvalue weighted by Gasteiger charge is 2.26. The fraction of sp³-hybridized carbons (Fsp3) is 0.364. The molecule has 0 radical (unpaired) electrons. The van der Waals surface area contributed by atoms with Crippen molar-refractivity contribution in [1.82, 2.24) is 15.2 Å². The molecule has 1 N–H and O–H groups in total. The fourth-order valence-electron chi connectivity index (χ4n) is 3.65. The number of urea groups is 1. The van der Waals surface area contributed by atoms with Crippen LogP contribution in [-0.4, -0.2) is 49.1 Å². The summed E-state index contributed by atoms with van der Waals surface area (Å²) >= 11 is 0. The lowest BCUT2D eigenvalue weighted by atomic mass is 9.97. The van der Waals surface area contributed by atoms with E-state index in [0.717, 1.165) is 55.2 Å². The van der Waals surface area contributed by atoms with Crippen LogP contribution < -0.4 is 10.2 Å². The smallest absolute Gasteiger partial charge is 0.317 e. The van der Waals surface area contributed by atoms with Gasteiger partial charge in [0.1, 0.15) is 5.52 Å². The molecule has 0 unspecified atom stereocenters. The molecule has 0 saturated carbocycles. The van der Waals surface area contributed by atoms with E-state index in [1.165, 1.54) is 0 Å². The largest absolute Gasteiger partial charge is 0.440 e. The van der Waals surface area contributed by atoms with Crippen LogP contribution in [0.1, 0.15) is 24.7 Å². The van der Waals surface area contributed by atoms with Crippen molar-refractivity contribution in [2.45, 2.75) is 18.8 Å². The first-order valence-electron chi connectivity index (χ1n) is 9.85. The highest BCUT2D eigenvalue weighted by atomic mass is 16.3. The molecule has 1 aliphatic heterocycles. The SMILES string of the molecule is CN(CCNC(=O)N1CCC(c2nc3ccccc3o2)CC1)c1ccccc1. The molecule has 146 valence electrons. The molecule has 2 heterocycles. The molecular formula is C22H26N4O2. The highest BCUT2D eigenvalue weighted by Crippen LogP contribution is 2.29. The maximum Gasteiger partial charge on any atom is 0.317 e. The third kappa shape index (κ3) is 4.11. The van der Waals surface area contributed by atoms with Crippen molar-refractivity contribution in [1.29, 1.82) is 0 Å². The molecule has 1 aliphatic rings. The van der Waals surface area contributed by atoms with Gasteiger partial charge in [-0.2, -0.15) is 0 Å². The Kier molecular flexibility index (Phi) is 5.46. The Hall–Kier alpha value is -3.02. The number of aromatic nitrogens is 1. The second kappa shape index (κ2) is 8.33. The summed E-state index contributed by atoms with van der Waals surface area (Å²) < 4.78 is 5.90. The van der Waals surface area contributed by atoms with Gasteiger partial charge in [-0.1, -0.05) is 30.3 Å². The summed E-state index contributed by atoms with van der Waals surface area (Å²) in [6.07, 6.45) is 1.76. The Balaban J connectivity index is 1.23. The summed E-state index contributed by atoms with van der Waals surface area (Å²) in [5.74, 6) is 1.08. The second-order valence-electron chi connectivity index (χ2n) is 7.27. The van der Waals surface area contributed by atoms with Crippen molar-refractivity contribution in [2.24, 2.45) is 0 Å². The maximum absolute atomic E-state index is 12.5. The highest BCUT2D eigenvalue weighted by molar-refractivity contribution is 5.74. The number of carbonyl (C=O) groups excluding carboxylic acids is 1. The van der Waals surface area contributed by atoms with Crippen molar-refractivity contribution in [3.63, 3.8) is 0 Å². The van der Waals surface area contributed by atoms with Gasteiger partial charge in [0.2, 0.25) is 0 Å². The number of benzene rings is 2. The third-order valence-electron chi connectivity index (χ3n) is 5.36. The lowest BCUT2D eigenvalue weighted by Crippen LogP contribution is -2.45. The van der Waals surface area contributed by atoms with Crippen molar-refractivity contribution in [3.05, 3.63) is 60.5 Å². The van der Waals surface area contributed by atoms with Crippen LogP contribution in [0.3, 0.4) is 0 Å². The van der Waals surface area contributed by atoms with Crippen molar-refractivity contribution < 1.29 is 9.21 Å². The van der Waals surface area contributed by atoms with Crippen LogP contribution in [0, 0.1) is 0 Å². The van der Waals surface area contributed by atoms with Gasteiger partial charge in [-0.15, -0.1) is 0 Å². The quantitative estimate of drug-likeness (QED) is 0.732. The van der Waals surface area contributed by atoms with E-state index < -0.39 is 0 Å². The van der Waals surface area contributed by atoms with Crippen LogP contribution in [0.4, 0.5) is 10.5 Å². The van der Waals surface area contributed by atoms with Crippen LogP contribution in [0.5, 0.6) is 0 Å². The van der Waals surface area contributed by atoms with Crippen LogP contribution >= 0.6 is 0 Å². The van der Waals surface area contributed by atoms with E-state index in [2.05, 4.69) is 27.3 Å². The summed E-state index contributed by atoms with van der Waals surface area (Å²) in [5, 5.41) is 3.04. The minimum Gasteiger partial charge on any atom is -0.440 e. The number of nitrogens with zero attached hydrogens (tertiary/aromatic N) is 3. The number of hydrogen-bond acceptors (Lipinski definition) is 4. The maximum atomic E-state index is 12.5. The number of para-hydroxylation sites is 3. The minimum absolute atomic E-state index is 0.0116. The van der Waals surface area contributed by atoms with Gasteiger partial charge >= 0.3 is 6.03 Å². The molecule has 6 nitrogen and oxygen atoms in total. The van der Waals surface area contributed by atoms with E-state index in [1.54, 1.807) is 0 Å². The van der Waals surface area contributed by atoms with Gasteiger partial charge in [0.15, 0.2) is 11.5 Å². The molecule has 2 aromatic carbocycles. The van der Waals surface area contributed by atoms with Gasteiger partial charge in [0, 0.05) is 44.8 Å². The van der Waals surface area contributed by atoms with Crippen LogP contribution in [0.25, 0.3) is 11.1 Å². The summed E-state index contributed by atoms with van der Waals surface area (Å²) in [7, 11) is 2.04. The van der Waals surface area contributed by atoms with Gasteiger partial charge in [-0.3, -0.25) is 0 Å². The second-order valence-corrected chi connectivity index (χ2v) is 7.27. The Morgan fingerprint density at radius 3 is 2.61 bits per heavy atom. The molecule has 6 heteroatoms. The molecule has 28 heavy (non-hydrogen) atoms. The number of likely N-dealkylation sites (tertiary alicyclic amines) is 1. The Labute approximate surface area is 165 Å². The Bertz CT molecular complexity index is 883. The number of amides is 2. The zero-order valence-electron chi connectivity index (χ0n) is 16.2. The number of carbonyl (C=O) groups is 1. The van der Waals surface area contributed by atoms with E-state index in [1.807, 2.05) is 54.4 Å². The Morgan fingerprint density at radius 2 is 1.86 bits per heavy atom. The molecule has 0 bridgehead atoms. The fourth-order valence-corrected chi connectivity index (χ4v) is 3.65. The summed E-state index contributed by atoms with van der Waals surface area (Å²) in [5.41, 5.74) is 2.89. The van der Waals surface area contributed by atoms with Gasteiger partial charge in [-0.05, 0) is 37.1 Å². The molecule has 0 atom stereocenters. The van der Waals surface area contributed by atoms with E-state index in [4.69, 9.17) is 4.42 Å². The summed E-state index contributed by atoms with van der Waals surface area (Å²) in [6, 6.07) is 18.0. The molecule has 1 aromatic heterocycles. The average Bonchev–Trinajstić information content (AvgIpc) is 3.18. The number of likely N-dealkylation sites (N-methyl/N-ethyl adjacent to an activating group) is 1. The Morgan fingerprint density at radius 1 is 1.14 bits per heavy atom. The van der Waals surface area contributed by atoms with Gasteiger partial charge in [0.25, 0.3) is 0 Å². The number of piperidine rings is 1. The molecule has 3 aromatic rings. The first kappa shape index (κ1) is 18.3. The number of rotatable bonds is 5. The van der Waals surface area contributed by atoms with Crippen molar-refractivity contribution in [3.8, 4) is 0 Å². The molecule has 0 spiro atoms. The van der Waals surface area contributed by atoms with Crippen LogP contribution in [0.2, 0.25) is 0 Å². The van der Waals surface area contributed by atoms with Gasteiger partial charge in [0.05, 0.1) is 0 Å². The molecule has 1 fully saturated rings. The van der Waals surface area contributed by atoms with E-state index in [-0.39, 0.29) is 11.9 Å². The normalized spacial score (nSPS) is 15.0. The van der Waals surface area contributed by atoms with Crippen LogP contribution in [-0.2, 0) is 0 Å². The van der Waals surface area contributed by atoms with E-state index >= 15 is 0 Å². The molecular weight excluding hydrogens is 352 g/mol. The lowest BCUT2D eigenvalue weighted by molar-refractivity contribution is 0.178. The van der Waals surface area contributed by atoms with Crippen molar-refractivity contribution in [2.75, 3.05) is 38.1 Å². The number of fused-ring (bicyclic) bond motifs is 1. The standard InChI is InChI=1S/C22H26N4O2/c1-25(18-7-3-2-4-8-18)16-13-23-22(27)26-14-11-17(12-15-26)21-24-19-9-5-6-10-20(19)28-21/h2-10,17H,11-16H2,1H3,(H,23,27). The third-order valence-corrected chi connectivity index (χ3v) is 5.36. The van der Waals surface area contributed by atoms with Crippen LogP contribution in [0.15, 0.2) is 59.0 Å². The number of hydrogen-bond donors (Lipinski definition) is 1. The number of nitrogens with one attached hydrogen (secondary N) is 1. The van der Waals surface area contributed by atoms with E-state index in [0.29, 0.717) is 6.54 Å². The number of oxazole rings is 1. The average molecular weight is 378 g/mol. The summed E-state index contributed by atoms with van der Waals surface area (Å²) in [4.78, 5) is 21.1. The summed E-state index contributed by atoms with van der Waals surface area (Å²) in [6.45, 7) is 2.85. The minimum atomic E-state index is 0.0116.